The maximum Gasteiger partial charge on any atom is 0.238 e. The van der Waals surface area contributed by atoms with Gasteiger partial charge in [0.25, 0.3) is 0 Å². The van der Waals surface area contributed by atoms with Crippen molar-refractivity contribution in [2.75, 3.05) is 32.1 Å². The highest BCUT2D eigenvalue weighted by Gasteiger charge is 2.43. The van der Waals surface area contributed by atoms with Gasteiger partial charge in [-0.25, -0.2) is 0 Å². The molecule has 0 aliphatic carbocycles. The van der Waals surface area contributed by atoms with E-state index in [1.165, 1.54) is 0 Å². The molecule has 4 aromatic rings. The van der Waals surface area contributed by atoms with E-state index in [4.69, 9.17) is 13.9 Å². The molecule has 0 unspecified atom stereocenters. The third kappa shape index (κ3) is 5.43. The van der Waals surface area contributed by atoms with Crippen molar-refractivity contribution < 1.29 is 23.8 Å². The highest BCUT2D eigenvalue weighted by Crippen LogP contribution is 2.37. The molecule has 1 fully saturated rings. The Morgan fingerprint density at radius 1 is 1.11 bits per heavy atom. The zero-order valence-corrected chi connectivity index (χ0v) is 21.6. The zero-order chi connectivity index (χ0) is 26.0. The smallest absolute Gasteiger partial charge is 0.238 e. The first-order chi connectivity index (χ1) is 17.8. The molecule has 2 heterocycles. The predicted octanol–water partition coefficient (Wildman–Crippen LogP) is 5.46. The van der Waals surface area contributed by atoms with Gasteiger partial charge in [0.2, 0.25) is 5.91 Å². The second-order valence-electron chi connectivity index (χ2n) is 10.3. The predicted molar refractivity (Wildman–Crippen MR) is 145 cm³/mol. The van der Waals surface area contributed by atoms with Crippen LogP contribution in [0.2, 0.25) is 0 Å². The number of piperidine rings is 1. The van der Waals surface area contributed by atoms with Crippen molar-refractivity contribution in [1.82, 2.24) is 4.90 Å². The van der Waals surface area contributed by atoms with Crippen molar-refractivity contribution in [3.8, 4) is 11.5 Å². The molecule has 0 bridgehead atoms. The van der Waals surface area contributed by atoms with E-state index >= 15 is 0 Å². The van der Waals surface area contributed by atoms with E-state index in [0.717, 1.165) is 16.4 Å². The number of anilines is 1. The van der Waals surface area contributed by atoms with Crippen LogP contribution in [-0.2, 0) is 4.79 Å². The molecule has 2 atom stereocenters. The van der Waals surface area contributed by atoms with Gasteiger partial charge in [-0.3, -0.25) is 9.69 Å². The number of likely N-dealkylation sites (tertiary alicyclic amines) is 1. The summed E-state index contributed by atoms with van der Waals surface area (Å²) >= 11 is 0. The van der Waals surface area contributed by atoms with Crippen LogP contribution in [0.25, 0.3) is 21.9 Å². The van der Waals surface area contributed by atoms with Crippen LogP contribution in [0.5, 0.6) is 11.5 Å². The fraction of sp³-hybridized carbons (Fsp3) is 0.367. The van der Waals surface area contributed by atoms with Crippen molar-refractivity contribution in [3.63, 3.8) is 0 Å². The van der Waals surface area contributed by atoms with E-state index < -0.39 is 11.7 Å². The average Bonchev–Trinajstić information content (AvgIpc) is 3.23. The molecule has 0 spiro atoms. The van der Waals surface area contributed by atoms with E-state index in [1.807, 2.05) is 71.6 Å². The van der Waals surface area contributed by atoms with E-state index in [9.17, 15) is 9.90 Å². The van der Waals surface area contributed by atoms with E-state index in [-0.39, 0.29) is 12.5 Å². The number of benzene rings is 3. The molecule has 3 aromatic carbocycles. The van der Waals surface area contributed by atoms with Gasteiger partial charge in [0.05, 0.1) is 19.3 Å². The number of furan rings is 1. The Bertz CT molecular complexity index is 1380. The molecule has 194 valence electrons. The first-order valence-corrected chi connectivity index (χ1v) is 12.8. The SMILES string of the molecule is COc1cc2c(cc1NC(=O)CN1CC[C@@](O)(CC(C)C)[C@@H](Oc3ccccc3)C1)oc1ccccc12. The number of amides is 1. The number of para-hydroxylation sites is 2. The summed E-state index contributed by atoms with van der Waals surface area (Å²) in [5, 5.41) is 16.4. The van der Waals surface area contributed by atoms with Crippen LogP contribution in [0.15, 0.2) is 71.1 Å². The van der Waals surface area contributed by atoms with Gasteiger partial charge < -0.3 is 24.3 Å². The molecule has 7 nitrogen and oxygen atoms in total. The van der Waals surface area contributed by atoms with Crippen molar-refractivity contribution in [2.24, 2.45) is 5.92 Å². The highest BCUT2D eigenvalue weighted by atomic mass is 16.5. The first-order valence-electron chi connectivity index (χ1n) is 12.8. The monoisotopic (exact) mass is 502 g/mol. The Labute approximate surface area is 217 Å². The molecule has 37 heavy (non-hydrogen) atoms. The molecule has 1 aliphatic heterocycles. The Morgan fingerprint density at radius 3 is 2.62 bits per heavy atom. The third-order valence-corrected chi connectivity index (χ3v) is 7.01. The van der Waals surface area contributed by atoms with Crippen LogP contribution < -0.4 is 14.8 Å². The number of methoxy groups -OCH3 is 1. The maximum absolute atomic E-state index is 13.1. The normalized spacial score (nSPS) is 20.4. The van der Waals surface area contributed by atoms with Gasteiger partial charge in [-0.05, 0) is 43.0 Å². The summed E-state index contributed by atoms with van der Waals surface area (Å²) in [6, 6.07) is 21.1. The quantitative estimate of drug-likeness (QED) is 0.333. The Balaban J connectivity index is 1.31. The number of carbonyl (C=O) groups is 1. The molecule has 0 radical (unpaired) electrons. The second-order valence-corrected chi connectivity index (χ2v) is 10.3. The molecule has 1 aromatic heterocycles. The lowest BCUT2D eigenvalue weighted by Gasteiger charge is -2.45. The van der Waals surface area contributed by atoms with Crippen molar-refractivity contribution >= 4 is 33.5 Å². The number of hydrogen-bond donors (Lipinski definition) is 2. The minimum absolute atomic E-state index is 0.165. The number of aliphatic hydroxyl groups is 1. The lowest BCUT2D eigenvalue weighted by Crippen LogP contribution is -2.59. The largest absolute Gasteiger partial charge is 0.495 e. The van der Waals surface area contributed by atoms with Gasteiger partial charge in [0.1, 0.15) is 34.4 Å². The van der Waals surface area contributed by atoms with E-state index in [1.54, 1.807) is 7.11 Å². The Hall–Kier alpha value is -3.55. The number of rotatable bonds is 8. The van der Waals surface area contributed by atoms with Gasteiger partial charge in [-0.2, -0.15) is 0 Å². The van der Waals surface area contributed by atoms with Gasteiger partial charge in [0.15, 0.2) is 0 Å². The minimum Gasteiger partial charge on any atom is -0.495 e. The first kappa shape index (κ1) is 25.1. The van der Waals surface area contributed by atoms with Crippen molar-refractivity contribution in [2.45, 2.75) is 38.4 Å². The number of fused-ring (bicyclic) bond motifs is 3. The summed E-state index contributed by atoms with van der Waals surface area (Å²) in [5.41, 5.74) is 1.08. The lowest BCUT2D eigenvalue weighted by atomic mass is 9.81. The topological polar surface area (TPSA) is 84.2 Å². The Morgan fingerprint density at radius 2 is 1.86 bits per heavy atom. The number of ether oxygens (including phenoxy) is 2. The number of nitrogens with zero attached hydrogens (tertiary/aromatic N) is 1. The minimum atomic E-state index is -0.952. The maximum atomic E-state index is 13.1. The summed E-state index contributed by atoms with van der Waals surface area (Å²) in [6.07, 6.45) is 0.726. The summed E-state index contributed by atoms with van der Waals surface area (Å²) in [6.45, 7) is 5.43. The van der Waals surface area contributed by atoms with Gasteiger partial charge >= 0.3 is 0 Å². The fourth-order valence-corrected chi connectivity index (χ4v) is 5.31. The van der Waals surface area contributed by atoms with Crippen LogP contribution in [0.4, 0.5) is 5.69 Å². The van der Waals surface area contributed by atoms with Gasteiger partial charge in [0, 0.05) is 29.9 Å². The fourth-order valence-electron chi connectivity index (χ4n) is 5.31. The molecule has 1 saturated heterocycles. The van der Waals surface area contributed by atoms with Crippen LogP contribution >= 0.6 is 0 Å². The summed E-state index contributed by atoms with van der Waals surface area (Å²) < 4.78 is 17.8. The summed E-state index contributed by atoms with van der Waals surface area (Å²) in [5.74, 6) is 1.44. The molecule has 1 aliphatic rings. The van der Waals surface area contributed by atoms with Crippen molar-refractivity contribution in [3.05, 3.63) is 66.7 Å². The van der Waals surface area contributed by atoms with Gasteiger partial charge in [-0.1, -0.05) is 50.2 Å². The molecule has 0 saturated carbocycles. The highest BCUT2D eigenvalue weighted by molar-refractivity contribution is 6.07. The van der Waals surface area contributed by atoms with Crippen LogP contribution in [0, 0.1) is 5.92 Å². The average molecular weight is 503 g/mol. The standard InChI is InChI=1S/C30H34N2O5/c1-20(2)17-30(34)13-14-32(18-28(30)36-21-9-5-4-6-10-21)19-29(33)31-24-16-26-23(15-27(24)35-3)22-11-7-8-12-25(22)37-26/h4-12,15-16,20,28,34H,13-14,17-19H2,1-3H3,(H,31,33)/t28-,30+/m0/s1. The summed E-state index contributed by atoms with van der Waals surface area (Å²) in [7, 11) is 1.59. The molecule has 5 rings (SSSR count). The Kier molecular flexibility index (Phi) is 7.09. The molecule has 7 heteroatoms. The summed E-state index contributed by atoms with van der Waals surface area (Å²) in [4.78, 5) is 15.2. The third-order valence-electron chi connectivity index (χ3n) is 7.01. The lowest BCUT2D eigenvalue weighted by molar-refractivity contribution is -0.129. The number of carbonyl (C=O) groups excluding carboxylic acids is 1. The molecular weight excluding hydrogens is 468 g/mol. The van der Waals surface area contributed by atoms with E-state index in [0.29, 0.717) is 54.6 Å². The number of hydrogen-bond acceptors (Lipinski definition) is 6. The van der Waals surface area contributed by atoms with Crippen LogP contribution in [-0.4, -0.2) is 54.4 Å². The van der Waals surface area contributed by atoms with E-state index in [2.05, 4.69) is 19.2 Å². The molecular formula is C30H34N2O5. The van der Waals surface area contributed by atoms with Gasteiger partial charge in [-0.15, -0.1) is 0 Å². The van der Waals surface area contributed by atoms with Crippen LogP contribution in [0.1, 0.15) is 26.7 Å². The second kappa shape index (κ2) is 10.4. The number of nitrogens with one attached hydrogen (secondary N) is 1. The van der Waals surface area contributed by atoms with Crippen molar-refractivity contribution in [1.29, 1.82) is 0 Å². The molecule has 2 N–H and O–H groups in total. The zero-order valence-electron chi connectivity index (χ0n) is 21.6. The van der Waals surface area contributed by atoms with Crippen LogP contribution in [0.3, 0.4) is 0 Å². The molecule has 1 amide bonds.